The summed E-state index contributed by atoms with van der Waals surface area (Å²) in [7, 11) is 0. The third-order valence-electron chi connectivity index (χ3n) is 4.00. The predicted octanol–water partition coefficient (Wildman–Crippen LogP) is 4.42. The van der Waals surface area contributed by atoms with Gasteiger partial charge in [-0.2, -0.15) is 0 Å². The van der Waals surface area contributed by atoms with Gasteiger partial charge in [-0.1, -0.05) is 34.1 Å². The third kappa shape index (κ3) is 2.99. The minimum Gasteiger partial charge on any atom is -0.493 e. The van der Waals surface area contributed by atoms with E-state index in [-0.39, 0.29) is 0 Å². The Hall–Kier alpha value is -1.32. The van der Waals surface area contributed by atoms with Crippen molar-refractivity contribution in [3.63, 3.8) is 0 Å². The van der Waals surface area contributed by atoms with Gasteiger partial charge in [0.2, 0.25) is 0 Å². The molecular weight excluding hydrogens is 328 g/mol. The van der Waals surface area contributed by atoms with Crippen LogP contribution < -0.4 is 4.74 Å². The standard InChI is InChI=1S/C18H19BrO2/c1-2-21-17-9-8-15(19)11-16(17)18(20)14-7-6-12-4-3-5-13(12)10-14/h6-11,18,20H,2-5H2,1H3. The van der Waals surface area contributed by atoms with Gasteiger partial charge in [0, 0.05) is 10.0 Å². The highest BCUT2D eigenvalue weighted by Crippen LogP contribution is 2.34. The number of fused-ring (bicyclic) bond motifs is 1. The zero-order chi connectivity index (χ0) is 14.8. The molecule has 0 heterocycles. The topological polar surface area (TPSA) is 29.5 Å². The van der Waals surface area contributed by atoms with Gasteiger partial charge in [0.15, 0.2) is 0 Å². The third-order valence-corrected chi connectivity index (χ3v) is 4.50. The van der Waals surface area contributed by atoms with E-state index in [1.54, 1.807) is 0 Å². The van der Waals surface area contributed by atoms with Crippen LogP contribution >= 0.6 is 15.9 Å². The molecule has 1 atom stereocenters. The first kappa shape index (κ1) is 14.6. The lowest BCUT2D eigenvalue weighted by Crippen LogP contribution is -2.05. The molecule has 0 amide bonds. The van der Waals surface area contributed by atoms with Crippen molar-refractivity contribution in [3.8, 4) is 5.75 Å². The number of ether oxygens (including phenoxy) is 1. The normalized spacial score (nSPS) is 14.8. The summed E-state index contributed by atoms with van der Waals surface area (Å²) in [6.07, 6.45) is 2.84. The largest absolute Gasteiger partial charge is 0.493 e. The molecule has 3 heteroatoms. The molecule has 1 N–H and O–H groups in total. The van der Waals surface area contributed by atoms with Gasteiger partial charge in [0.05, 0.1) is 6.61 Å². The van der Waals surface area contributed by atoms with Crippen LogP contribution in [0.15, 0.2) is 40.9 Å². The summed E-state index contributed by atoms with van der Waals surface area (Å²) in [6, 6.07) is 12.1. The molecule has 0 aromatic heterocycles. The molecule has 0 bridgehead atoms. The number of aliphatic hydroxyl groups excluding tert-OH is 1. The smallest absolute Gasteiger partial charge is 0.125 e. The van der Waals surface area contributed by atoms with E-state index in [0.29, 0.717) is 6.61 Å². The first-order valence-corrected chi connectivity index (χ1v) is 8.20. The van der Waals surface area contributed by atoms with E-state index < -0.39 is 6.10 Å². The van der Waals surface area contributed by atoms with Crippen molar-refractivity contribution in [2.75, 3.05) is 6.61 Å². The fourth-order valence-electron chi connectivity index (χ4n) is 2.96. The van der Waals surface area contributed by atoms with Crippen LogP contribution in [-0.2, 0) is 12.8 Å². The Morgan fingerprint density at radius 2 is 1.95 bits per heavy atom. The molecule has 2 aromatic carbocycles. The summed E-state index contributed by atoms with van der Waals surface area (Å²) >= 11 is 3.47. The molecule has 1 unspecified atom stereocenters. The Morgan fingerprint density at radius 3 is 2.76 bits per heavy atom. The summed E-state index contributed by atoms with van der Waals surface area (Å²) < 4.78 is 6.59. The van der Waals surface area contributed by atoms with Crippen molar-refractivity contribution in [1.29, 1.82) is 0 Å². The van der Waals surface area contributed by atoms with Crippen LogP contribution in [0.5, 0.6) is 5.75 Å². The highest BCUT2D eigenvalue weighted by Gasteiger charge is 2.19. The molecule has 0 radical (unpaired) electrons. The number of benzene rings is 2. The van der Waals surface area contributed by atoms with Crippen molar-refractivity contribution in [3.05, 3.63) is 63.1 Å². The number of aliphatic hydroxyl groups is 1. The lowest BCUT2D eigenvalue weighted by Gasteiger charge is -2.17. The lowest BCUT2D eigenvalue weighted by molar-refractivity contribution is 0.212. The fraction of sp³-hybridized carbons (Fsp3) is 0.333. The summed E-state index contributed by atoms with van der Waals surface area (Å²) in [4.78, 5) is 0. The van der Waals surface area contributed by atoms with E-state index in [1.807, 2.05) is 31.2 Å². The van der Waals surface area contributed by atoms with E-state index in [2.05, 4.69) is 28.1 Å². The van der Waals surface area contributed by atoms with Crippen molar-refractivity contribution in [2.45, 2.75) is 32.3 Å². The first-order chi connectivity index (χ1) is 10.2. The molecule has 2 aromatic rings. The van der Waals surface area contributed by atoms with Crippen LogP contribution in [0.4, 0.5) is 0 Å². The van der Waals surface area contributed by atoms with Crippen LogP contribution in [0.25, 0.3) is 0 Å². The van der Waals surface area contributed by atoms with E-state index in [1.165, 1.54) is 17.5 Å². The first-order valence-electron chi connectivity index (χ1n) is 7.41. The van der Waals surface area contributed by atoms with Gasteiger partial charge in [-0.3, -0.25) is 0 Å². The maximum Gasteiger partial charge on any atom is 0.125 e. The number of rotatable bonds is 4. The highest BCUT2D eigenvalue weighted by molar-refractivity contribution is 9.10. The van der Waals surface area contributed by atoms with Crippen LogP contribution in [0, 0.1) is 0 Å². The molecule has 21 heavy (non-hydrogen) atoms. The number of hydrogen-bond acceptors (Lipinski definition) is 2. The number of hydrogen-bond donors (Lipinski definition) is 1. The van der Waals surface area contributed by atoms with Gasteiger partial charge in [-0.25, -0.2) is 0 Å². The summed E-state index contributed by atoms with van der Waals surface area (Å²) in [5.74, 6) is 0.744. The molecule has 0 fully saturated rings. The van der Waals surface area contributed by atoms with Gasteiger partial charge >= 0.3 is 0 Å². The molecule has 2 nitrogen and oxygen atoms in total. The SMILES string of the molecule is CCOc1ccc(Br)cc1C(O)c1ccc2c(c1)CCC2. The second-order valence-electron chi connectivity index (χ2n) is 5.40. The molecule has 0 aliphatic heterocycles. The van der Waals surface area contributed by atoms with Crippen molar-refractivity contribution in [2.24, 2.45) is 0 Å². The molecule has 0 saturated heterocycles. The Bertz CT molecular complexity index is 652. The van der Waals surface area contributed by atoms with Crippen molar-refractivity contribution in [1.82, 2.24) is 0 Å². The zero-order valence-electron chi connectivity index (χ0n) is 12.1. The highest BCUT2D eigenvalue weighted by atomic mass is 79.9. The predicted molar refractivity (Wildman–Crippen MR) is 87.8 cm³/mol. The van der Waals surface area contributed by atoms with Gasteiger partial charge in [0.25, 0.3) is 0 Å². The molecular formula is C18H19BrO2. The quantitative estimate of drug-likeness (QED) is 0.887. The summed E-state index contributed by atoms with van der Waals surface area (Å²) in [5, 5.41) is 10.8. The Morgan fingerprint density at radius 1 is 1.14 bits per heavy atom. The van der Waals surface area contributed by atoms with Crippen LogP contribution in [0.1, 0.15) is 41.7 Å². The lowest BCUT2D eigenvalue weighted by atomic mass is 9.97. The average molecular weight is 347 g/mol. The molecule has 110 valence electrons. The van der Waals surface area contributed by atoms with E-state index in [9.17, 15) is 5.11 Å². The zero-order valence-corrected chi connectivity index (χ0v) is 13.7. The fourth-order valence-corrected chi connectivity index (χ4v) is 3.34. The molecule has 1 aliphatic carbocycles. The minimum atomic E-state index is -0.657. The monoisotopic (exact) mass is 346 g/mol. The summed E-state index contributed by atoms with van der Waals surface area (Å²) in [6.45, 7) is 2.54. The van der Waals surface area contributed by atoms with Gasteiger partial charge in [-0.05, 0) is 61.1 Å². The van der Waals surface area contributed by atoms with Crippen molar-refractivity contribution < 1.29 is 9.84 Å². The van der Waals surface area contributed by atoms with Crippen molar-refractivity contribution >= 4 is 15.9 Å². The van der Waals surface area contributed by atoms with E-state index in [0.717, 1.165) is 34.2 Å². The number of halogens is 1. The second-order valence-corrected chi connectivity index (χ2v) is 6.32. The maximum absolute atomic E-state index is 10.8. The van der Waals surface area contributed by atoms with Gasteiger partial charge in [0.1, 0.15) is 11.9 Å². The summed E-state index contributed by atoms with van der Waals surface area (Å²) in [5.41, 5.74) is 4.55. The van der Waals surface area contributed by atoms with E-state index >= 15 is 0 Å². The van der Waals surface area contributed by atoms with Gasteiger partial charge in [-0.15, -0.1) is 0 Å². The maximum atomic E-state index is 10.8. The Balaban J connectivity index is 1.97. The minimum absolute atomic E-state index is 0.589. The van der Waals surface area contributed by atoms with Crippen LogP contribution in [0.2, 0.25) is 0 Å². The Labute approximate surface area is 133 Å². The van der Waals surface area contributed by atoms with Crippen LogP contribution in [-0.4, -0.2) is 11.7 Å². The Kier molecular flexibility index (Phi) is 4.32. The van der Waals surface area contributed by atoms with Gasteiger partial charge < -0.3 is 9.84 Å². The second kappa shape index (κ2) is 6.20. The van der Waals surface area contributed by atoms with E-state index in [4.69, 9.17) is 4.74 Å². The average Bonchev–Trinajstić information content (AvgIpc) is 2.96. The van der Waals surface area contributed by atoms with Crippen LogP contribution in [0.3, 0.4) is 0 Å². The molecule has 0 saturated carbocycles. The number of aryl methyl sites for hydroxylation is 2. The molecule has 1 aliphatic rings. The molecule has 0 spiro atoms. The molecule has 3 rings (SSSR count).